The molecule has 1 aliphatic rings. The summed E-state index contributed by atoms with van der Waals surface area (Å²) in [5.41, 5.74) is -0.0562. The van der Waals surface area contributed by atoms with Crippen molar-refractivity contribution in [1.82, 2.24) is 4.90 Å². The fraction of sp³-hybridized carbons (Fsp3) is 0.667. The summed E-state index contributed by atoms with van der Waals surface area (Å²) in [5.74, 6) is 0. The van der Waals surface area contributed by atoms with Gasteiger partial charge in [0, 0.05) is 26.2 Å². The third kappa shape index (κ3) is 5.55. The number of aliphatic hydroxyl groups is 1. The molecule has 0 unspecified atom stereocenters. The second kappa shape index (κ2) is 8.42. The highest BCUT2D eigenvalue weighted by atomic mass is 35.5. The Labute approximate surface area is 160 Å². The van der Waals surface area contributed by atoms with Gasteiger partial charge in [0.2, 0.25) is 0 Å². The lowest BCUT2D eigenvalue weighted by Crippen LogP contribution is -2.49. The maximum Gasteiger partial charge on any atom is 0.330 e. The topological polar surface area (TPSA) is 35.9 Å². The lowest BCUT2D eigenvalue weighted by atomic mass is 9.82. The van der Waals surface area contributed by atoms with Gasteiger partial charge in [0.15, 0.2) is 0 Å². The van der Waals surface area contributed by atoms with Crippen molar-refractivity contribution in [1.29, 1.82) is 0 Å². The lowest BCUT2D eigenvalue weighted by molar-refractivity contribution is -0.0893. The molecule has 26 heavy (non-hydrogen) atoms. The number of alkyl halides is 2. The van der Waals surface area contributed by atoms with Crippen molar-refractivity contribution >= 4 is 30.2 Å². The van der Waals surface area contributed by atoms with E-state index in [1.54, 1.807) is 26.2 Å². The van der Waals surface area contributed by atoms with Crippen LogP contribution in [-0.4, -0.2) is 67.8 Å². The van der Waals surface area contributed by atoms with Crippen molar-refractivity contribution in [3.63, 3.8) is 0 Å². The molecule has 1 saturated heterocycles. The summed E-state index contributed by atoms with van der Waals surface area (Å²) in [6.45, 7) is 9.38. The van der Waals surface area contributed by atoms with E-state index in [1.807, 2.05) is 32.0 Å². The van der Waals surface area contributed by atoms with Crippen molar-refractivity contribution in [2.24, 2.45) is 0 Å². The molecule has 0 spiro atoms. The molecular weight excluding hydrogens is 360 g/mol. The molecule has 0 aromatic heterocycles. The minimum atomic E-state index is -2.30. The smallest absolute Gasteiger partial charge is 0.330 e. The van der Waals surface area contributed by atoms with Crippen LogP contribution in [0.3, 0.4) is 0 Å². The minimum absolute atomic E-state index is 0.177. The number of nitrogens with zero attached hydrogens (tertiary/aromatic N) is 2. The van der Waals surface area contributed by atoms with Crippen molar-refractivity contribution < 1.29 is 18.5 Å². The van der Waals surface area contributed by atoms with Crippen LogP contribution in [0.1, 0.15) is 27.7 Å². The standard InChI is InChI=1S/C18H27BClF2N2O2/c1-17(2,25)18(3,4)26-19-13-5-6-15(14(20)11-13)24-9-7-23(8-10-24)12-16(21)22/h5-6,11,16,25H,7-10,12H2,1-4H3. The SMILES string of the molecule is CC(C)(O)C(C)(C)O[B]c1ccc(N2CCN(CC(F)F)CC2)c(Cl)c1. The zero-order valence-electron chi connectivity index (χ0n) is 15.8. The first-order chi connectivity index (χ1) is 12.0. The first-order valence-corrected chi connectivity index (χ1v) is 9.16. The van der Waals surface area contributed by atoms with E-state index in [9.17, 15) is 13.9 Å². The zero-order chi connectivity index (χ0) is 19.5. The van der Waals surface area contributed by atoms with Gasteiger partial charge in [-0.2, -0.15) is 0 Å². The van der Waals surface area contributed by atoms with E-state index in [4.69, 9.17) is 16.3 Å². The van der Waals surface area contributed by atoms with Gasteiger partial charge < -0.3 is 14.7 Å². The van der Waals surface area contributed by atoms with Crippen molar-refractivity contribution in [3.05, 3.63) is 23.2 Å². The number of anilines is 1. The molecule has 1 aromatic rings. The number of halogens is 3. The predicted molar refractivity (Wildman–Crippen MR) is 103 cm³/mol. The van der Waals surface area contributed by atoms with Gasteiger partial charge in [-0.25, -0.2) is 8.78 Å². The average Bonchev–Trinajstić information content (AvgIpc) is 2.52. The third-order valence-corrected chi connectivity index (χ3v) is 5.35. The molecule has 8 heteroatoms. The van der Waals surface area contributed by atoms with Gasteiger partial charge >= 0.3 is 7.48 Å². The quantitative estimate of drug-likeness (QED) is 0.730. The van der Waals surface area contributed by atoms with Gasteiger partial charge in [-0.15, -0.1) is 0 Å². The van der Waals surface area contributed by atoms with E-state index in [2.05, 4.69) is 4.90 Å². The molecule has 1 radical (unpaired) electrons. The summed E-state index contributed by atoms with van der Waals surface area (Å²) >= 11 is 6.42. The average molecular weight is 388 g/mol. The van der Waals surface area contributed by atoms with E-state index in [0.29, 0.717) is 31.2 Å². The Morgan fingerprint density at radius 2 is 1.81 bits per heavy atom. The lowest BCUT2D eigenvalue weighted by Gasteiger charge is -2.38. The first kappa shape index (κ1) is 21.4. The molecule has 0 amide bonds. The van der Waals surface area contributed by atoms with Gasteiger partial charge in [-0.05, 0) is 39.8 Å². The van der Waals surface area contributed by atoms with Gasteiger partial charge in [0.25, 0.3) is 6.43 Å². The van der Waals surface area contributed by atoms with Gasteiger partial charge in [-0.1, -0.05) is 23.1 Å². The fourth-order valence-corrected chi connectivity index (χ4v) is 2.89. The van der Waals surface area contributed by atoms with Gasteiger partial charge in [0.1, 0.15) is 0 Å². The molecule has 0 aliphatic carbocycles. The number of piperazine rings is 1. The number of hydrogen-bond donors (Lipinski definition) is 1. The Balaban J connectivity index is 1.96. The van der Waals surface area contributed by atoms with E-state index >= 15 is 0 Å². The van der Waals surface area contributed by atoms with E-state index < -0.39 is 17.6 Å². The summed E-state index contributed by atoms with van der Waals surface area (Å²) in [4.78, 5) is 3.87. The van der Waals surface area contributed by atoms with Crippen molar-refractivity contribution in [2.45, 2.75) is 45.3 Å². The number of hydrogen-bond acceptors (Lipinski definition) is 4. The summed E-state index contributed by atoms with van der Waals surface area (Å²) in [5, 5.41) is 10.7. The van der Waals surface area contributed by atoms with Crippen LogP contribution < -0.4 is 10.4 Å². The van der Waals surface area contributed by atoms with Crippen molar-refractivity contribution in [2.75, 3.05) is 37.6 Å². The number of rotatable bonds is 7. The Bertz CT molecular complexity index is 603. The zero-order valence-corrected chi connectivity index (χ0v) is 16.6. The molecule has 0 saturated carbocycles. The second-order valence-electron chi connectivity index (χ2n) is 7.69. The maximum absolute atomic E-state index is 12.5. The van der Waals surface area contributed by atoms with Crippen LogP contribution in [0.15, 0.2) is 18.2 Å². The first-order valence-electron chi connectivity index (χ1n) is 8.78. The minimum Gasteiger partial charge on any atom is -0.427 e. The monoisotopic (exact) mass is 387 g/mol. The van der Waals surface area contributed by atoms with Crippen LogP contribution in [0.2, 0.25) is 5.02 Å². The predicted octanol–water partition coefficient (Wildman–Crippen LogP) is 2.54. The largest absolute Gasteiger partial charge is 0.427 e. The molecule has 2 rings (SSSR count). The highest BCUT2D eigenvalue weighted by molar-refractivity contribution is 6.48. The molecular formula is C18H27BClF2N2O2. The van der Waals surface area contributed by atoms with Gasteiger partial charge in [0.05, 0.1) is 28.5 Å². The third-order valence-electron chi connectivity index (χ3n) is 5.04. The molecule has 1 heterocycles. The second-order valence-corrected chi connectivity index (χ2v) is 8.10. The molecule has 1 N–H and O–H groups in total. The molecule has 145 valence electrons. The summed E-state index contributed by atoms with van der Waals surface area (Å²) in [7, 11) is 1.59. The van der Waals surface area contributed by atoms with Crippen LogP contribution >= 0.6 is 11.6 Å². The van der Waals surface area contributed by atoms with Gasteiger partial charge in [-0.3, -0.25) is 4.90 Å². The van der Waals surface area contributed by atoms with Crippen LogP contribution in [0.5, 0.6) is 0 Å². The van der Waals surface area contributed by atoms with Crippen LogP contribution in [0.4, 0.5) is 14.5 Å². The molecule has 1 aliphatic heterocycles. The molecule has 1 aromatic carbocycles. The molecule has 0 bridgehead atoms. The summed E-state index contributed by atoms with van der Waals surface area (Å²) in [6.07, 6.45) is -2.30. The van der Waals surface area contributed by atoms with E-state index in [1.165, 1.54) is 0 Å². The highest BCUT2D eigenvalue weighted by Gasteiger charge is 2.35. The highest BCUT2D eigenvalue weighted by Crippen LogP contribution is 2.27. The summed E-state index contributed by atoms with van der Waals surface area (Å²) < 4.78 is 30.7. The van der Waals surface area contributed by atoms with E-state index in [-0.39, 0.29) is 6.54 Å². The fourth-order valence-electron chi connectivity index (χ4n) is 2.58. The molecule has 4 nitrogen and oxygen atoms in total. The normalized spacial score (nSPS) is 17.0. The maximum atomic E-state index is 12.5. The van der Waals surface area contributed by atoms with Crippen LogP contribution in [0.25, 0.3) is 0 Å². The van der Waals surface area contributed by atoms with Crippen molar-refractivity contribution in [3.8, 4) is 0 Å². The Hall–Kier alpha value is -0.885. The Morgan fingerprint density at radius 3 is 2.31 bits per heavy atom. The number of benzene rings is 1. The van der Waals surface area contributed by atoms with Crippen LogP contribution in [-0.2, 0) is 4.65 Å². The van der Waals surface area contributed by atoms with E-state index in [0.717, 1.165) is 11.2 Å². The summed E-state index contributed by atoms with van der Waals surface area (Å²) in [6, 6.07) is 5.62. The Morgan fingerprint density at radius 1 is 1.19 bits per heavy atom. The molecule has 0 atom stereocenters. The Kier molecular flexibility index (Phi) is 6.94. The van der Waals surface area contributed by atoms with Crippen LogP contribution in [0, 0.1) is 0 Å². The molecule has 1 fully saturated rings.